The SMILES string of the molecule is CCCNC(=O)c1cc(I)ccc1O. The summed E-state index contributed by atoms with van der Waals surface area (Å²) in [4.78, 5) is 11.5. The number of carbonyl (C=O) groups is 1. The van der Waals surface area contributed by atoms with Crippen molar-refractivity contribution in [3.05, 3.63) is 27.3 Å². The summed E-state index contributed by atoms with van der Waals surface area (Å²) in [6, 6.07) is 4.95. The molecule has 0 aliphatic heterocycles. The summed E-state index contributed by atoms with van der Waals surface area (Å²) in [6.07, 6.45) is 0.885. The van der Waals surface area contributed by atoms with E-state index in [2.05, 4.69) is 27.9 Å². The predicted molar refractivity (Wildman–Crippen MR) is 63.4 cm³/mol. The Labute approximate surface area is 96.7 Å². The van der Waals surface area contributed by atoms with Gasteiger partial charge in [-0.3, -0.25) is 4.79 Å². The number of halogens is 1. The summed E-state index contributed by atoms with van der Waals surface area (Å²) < 4.78 is 0.932. The molecule has 2 N–H and O–H groups in total. The number of rotatable bonds is 3. The lowest BCUT2D eigenvalue weighted by Crippen LogP contribution is -2.24. The van der Waals surface area contributed by atoms with Crippen LogP contribution in [0.1, 0.15) is 23.7 Å². The van der Waals surface area contributed by atoms with Gasteiger partial charge in [0, 0.05) is 10.1 Å². The minimum absolute atomic E-state index is 0.0269. The number of hydrogen-bond donors (Lipinski definition) is 2. The minimum atomic E-state index is -0.220. The van der Waals surface area contributed by atoms with Gasteiger partial charge in [-0.2, -0.15) is 0 Å². The molecular weight excluding hydrogens is 293 g/mol. The molecular formula is C10H12INO2. The Hall–Kier alpha value is -0.780. The van der Waals surface area contributed by atoms with Crippen molar-refractivity contribution in [2.75, 3.05) is 6.54 Å². The second-order valence-electron chi connectivity index (χ2n) is 2.92. The molecule has 1 aromatic carbocycles. The average Bonchev–Trinajstić information content (AvgIpc) is 2.18. The van der Waals surface area contributed by atoms with Crippen molar-refractivity contribution in [3.63, 3.8) is 0 Å². The normalized spacial score (nSPS) is 9.86. The van der Waals surface area contributed by atoms with Gasteiger partial charge in [0.2, 0.25) is 0 Å². The van der Waals surface area contributed by atoms with Gasteiger partial charge in [-0.1, -0.05) is 6.92 Å². The molecule has 14 heavy (non-hydrogen) atoms. The zero-order valence-electron chi connectivity index (χ0n) is 7.88. The summed E-state index contributed by atoms with van der Waals surface area (Å²) in [7, 11) is 0. The van der Waals surface area contributed by atoms with Gasteiger partial charge in [0.15, 0.2) is 0 Å². The number of hydrogen-bond acceptors (Lipinski definition) is 2. The maximum Gasteiger partial charge on any atom is 0.255 e. The van der Waals surface area contributed by atoms with Gasteiger partial charge >= 0.3 is 0 Å². The molecule has 0 unspecified atom stereocenters. The molecule has 0 radical (unpaired) electrons. The third-order valence-corrected chi connectivity index (χ3v) is 2.41. The molecule has 1 aromatic rings. The topological polar surface area (TPSA) is 49.3 Å². The smallest absolute Gasteiger partial charge is 0.255 e. The molecule has 0 heterocycles. The highest BCUT2D eigenvalue weighted by molar-refractivity contribution is 14.1. The summed E-state index contributed by atoms with van der Waals surface area (Å²) in [5, 5.41) is 12.2. The Kier molecular flexibility index (Phi) is 4.19. The average molecular weight is 305 g/mol. The highest BCUT2D eigenvalue weighted by Crippen LogP contribution is 2.19. The van der Waals surface area contributed by atoms with Crippen molar-refractivity contribution < 1.29 is 9.90 Å². The van der Waals surface area contributed by atoms with Crippen molar-refractivity contribution in [3.8, 4) is 5.75 Å². The number of aromatic hydroxyl groups is 1. The number of carbonyl (C=O) groups excluding carboxylic acids is 1. The molecule has 76 valence electrons. The molecule has 0 saturated carbocycles. The number of benzene rings is 1. The highest BCUT2D eigenvalue weighted by Gasteiger charge is 2.10. The third-order valence-electron chi connectivity index (χ3n) is 1.74. The van der Waals surface area contributed by atoms with Gasteiger partial charge in [-0.15, -0.1) is 0 Å². The summed E-state index contributed by atoms with van der Waals surface area (Å²) >= 11 is 2.10. The van der Waals surface area contributed by atoms with Crippen molar-refractivity contribution in [1.29, 1.82) is 0 Å². The monoisotopic (exact) mass is 305 g/mol. The van der Waals surface area contributed by atoms with E-state index < -0.39 is 0 Å². The van der Waals surface area contributed by atoms with Gasteiger partial charge in [0.05, 0.1) is 5.56 Å². The molecule has 0 aliphatic carbocycles. The van der Waals surface area contributed by atoms with Crippen molar-refractivity contribution in [2.24, 2.45) is 0 Å². The Morgan fingerprint density at radius 1 is 1.57 bits per heavy atom. The molecule has 0 atom stereocenters. The fourth-order valence-electron chi connectivity index (χ4n) is 1.02. The van der Waals surface area contributed by atoms with Gasteiger partial charge in [-0.05, 0) is 47.2 Å². The maximum atomic E-state index is 11.5. The van der Waals surface area contributed by atoms with E-state index in [1.807, 2.05) is 6.92 Å². The number of amides is 1. The van der Waals surface area contributed by atoms with Crippen LogP contribution < -0.4 is 5.32 Å². The molecule has 4 heteroatoms. The number of phenolic OH excluding ortho intramolecular Hbond substituents is 1. The largest absolute Gasteiger partial charge is 0.507 e. The van der Waals surface area contributed by atoms with Crippen LogP contribution in [0.2, 0.25) is 0 Å². The standard InChI is InChI=1S/C10H12INO2/c1-2-5-12-10(14)8-6-7(11)3-4-9(8)13/h3-4,6,13H,2,5H2,1H3,(H,12,14). The van der Waals surface area contributed by atoms with E-state index in [9.17, 15) is 9.90 Å². The molecule has 3 nitrogen and oxygen atoms in total. The first kappa shape index (κ1) is 11.3. The van der Waals surface area contributed by atoms with Crippen LogP contribution in [0.3, 0.4) is 0 Å². The van der Waals surface area contributed by atoms with Crippen LogP contribution in [-0.4, -0.2) is 17.6 Å². The van der Waals surface area contributed by atoms with Crippen LogP contribution in [-0.2, 0) is 0 Å². The van der Waals surface area contributed by atoms with Crippen LogP contribution in [0.15, 0.2) is 18.2 Å². The lowest BCUT2D eigenvalue weighted by atomic mass is 10.2. The second-order valence-corrected chi connectivity index (χ2v) is 4.16. The predicted octanol–water partition coefficient (Wildman–Crippen LogP) is 2.14. The summed E-state index contributed by atoms with van der Waals surface area (Å²) in [5.41, 5.74) is 0.338. The highest BCUT2D eigenvalue weighted by atomic mass is 127. The first-order chi connectivity index (χ1) is 6.65. The summed E-state index contributed by atoms with van der Waals surface area (Å²) in [5.74, 6) is -0.193. The summed E-state index contributed by atoms with van der Waals surface area (Å²) in [6.45, 7) is 2.61. The van der Waals surface area contributed by atoms with Crippen molar-refractivity contribution in [2.45, 2.75) is 13.3 Å². The van der Waals surface area contributed by atoms with Gasteiger partial charge < -0.3 is 10.4 Å². The fraction of sp³-hybridized carbons (Fsp3) is 0.300. The zero-order valence-corrected chi connectivity index (χ0v) is 10.0. The van der Waals surface area contributed by atoms with E-state index in [0.717, 1.165) is 9.99 Å². The third kappa shape index (κ3) is 2.87. The van der Waals surface area contributed by atoms with Crippen LogP contribution in [0, 0.1) is 3.57 Å². The Morgan fingerprint density at radius 2 is 2.29 bits per heavy atom. The molecule has 0 saturated heterocycles. The fourth-order valence-corrected chi connectivity index (χ4v) is 1.52. The van der Waals surface area contributed by atoms with Crippen LogP contribution >= 0.6 is 22.6 Å². The van der Waals surface area contributed by atoms with E-state index in [0.29, 0.717) is 12.1 Å². The quantitative estimate of drug-likeness (QED) is 0.841. The van der Waals surface area contributed by atoms with Gasteiger partial charge in [0.1, 0.15) is 5.75 Å². The van der Waals surface area contributed by atoms with Crippen molar-refractivity contribution >= 4 is 28.5 Å². The molecule has 0 bridgehead atoms. The minimum Gasteiger partial charge on any atom is -0.507 e. The molecule has 0 spiro atoms. The lowest BCUT2D eigenvalue weighted by Gasteiger charge is -2.05. The molecule has 0 aliphatic rings. The van der Waals surface area contributed by atoms with E-state index in [1.165, 1.54) is 6.07 Å². The maximum absolute atomic E-state index is 11.5. The van der Waals surface area contributed by atoms with Crippen LogP contribution in [0.5, 0.6) is 5.75 Å². The Bertz CT molecular complexity index is 339. The van der Waals surface area contributed by atoms with E-state index in [-0.39, 0.29) is 11.7 Å². The first-order valence-corrected chi connectivity index (χ1v) is 5.49. The van der Waals surface area contributed by atoms with E-state index in [1.54, 1.807) is 12.1 Å². The lowest BCUT2D eigenvalue weighted by molar-refractivity contribution is 0.0951. The van der Waals surface area contributed by atoms with Gasteiger partial charge in [0.25, 0.3) is 5.91 Å². The molecule has 1 amide bonds. The molecule has 1 rings (SSSR count). The van der Waals surface area contributed by atoms with E-state index >= 15 is 0 Å². The van der Waals surface area contributed by atoms with Crippen LogP contribution in [0.25, 0.3) is 0 Å². The van der Waals surface area contributed by atoms with E-state index in [4.69, 9.17) is 0 Å². The van der Waals surface area contributed by atoms with Crippen LogP contribution in [0.4, 0.5) is 0 Å². The number of nitrogens with one attached hydrogen (secondary N) is 1. The van der Waals surface area contributed by atoms with Crippen molar-refractivity contribution in [1.82, 2.24) is 5.32 Å². The number of phenols is 1. The first-order valence-electron chi connectivity index (χ1n) is 4.42. The Balaban J connectivity index is 2.83. The molecule has 0 fully saturated rings. The second kappa shape index (κ2) is 5.19. The zero-order chi connectivity index (χ0) is 10.6. The van der Waals surface area contributed by atoms with Gasteiger partial charge in [-0.25, -0.2) is 0 Å². The Morgan fingerprint density at radius 3 is 2.93 bits per heavy atom. The molecule has 0 aromatic heterocycles.